The topological polar surface area (TPSA) is 0 Å². The molecule has 0 N–H and O–H groups in total. The molecule has 20 heavy (non-hydrogen) atoms. The number of hydrogen-bond acceptors (Lipinski definition) is 0. The van der Waals surface area contributed by atoms with Crippen LogP contribution in [-0.4, -0.2) is 0 Å². The summed E-state index contributed by atoms with van der Waals surface area (Å²) in [5.74, 6) is -0.556. The molecule has 0 saturated carbocycles. The summed E-state index contributed by atoms with van der Waals surface area (Å²) >= 11 is 6.57. The van der Waals surface area contributed by atoms with E-state index in [-0.39, 0.29) is 21.0 Å². The van der Waals surface area contributed by atoms with Gasteiger partial charge in [0.1, 0.15) is 11.6 Å². The minimum Gasteiger partial charge on any atom is -0.207 e. The molecule has 3 rings (SSSR count). The van der Waals surface area contributed by atoms with E-state index in [4.69, 9.17) is 0 Å². The molecule has 2 aromatic rings. The Morgan fingerprint density at radius 2 is 1.60 bits per heavy atom. The van der Waals surface area contributed by atoms with Crippen LogP contribution in [0.25, 0.3) is 0 Å². The molecule has 0 aliphatic heterocycles. The van der Waals surface area contributed by atoms with Crippen LogP contribution in [0.4, 0.5) is 8.78 Å². The minimum absolute atomic E-state index is 0.160. The molecule has 1 atom stereocenters. The number of hydrogen-bond donors (Lipinski definition) is 0. The highest BCUT2D eigenvalue weighted by Gasteiger charge is 2.30. The number of rotatable bonds is 2. The monoisotopic (exact) mass is 400 g/mol. The average Bonchev–Trinajstić information content (AvgIpc) is 2.86. The highest BCUT2D eigenvalue weighted by Crippen LogP contribution is 2.41. The lowest BCUT2D eigenvalue weighted by Gasteiger charge is -2.18. The van der Waals surface area contributed by atoms with Gasteiger partial charge in [-0.3, -0.25) is 0 Å². The van der Waals surface area contributed by atoms with E-state index in [9.17, 15) is 8.78 Å². The van der Waals surface area contributed by atoms with Crippen molar-refractivity contribution in [3.05, 3.63) is 69.2 Å². The van der Waals surface area contributed by atoms with Crippen LogP contribution in [0, 0.1) is 17.6 Å². The summed E-state index contributed by atoms with van der Waals surface area (Å²) in [7, 11) is 0. The van der Waals surface area contributed by atoms with Gasteiger partial charge in [-0.15, -0.1) is 0 Å². The van der Waals surface area contributed by atoms with Crippen molar-refractivity contribution >= 4 is 31.9 Å². The second-order valence-corrected chi connectivity index (χ2v) is 6.97. The Morgan fingerprint density at radius 3 is 2.20 bits per heavy atom. The first kappa shape index (κ1) is 14.2. The van der Waals surface area contributed by atoms with E-state index >= 15 is 0 Å². The second-order valence-electron chi connectivity index (χ2n) is 5.13. The second kappa shape index (κ2) is 5.57. The molecule has 0 heterocycles. The van der Waals surface area contributed by atoms with E-state index < -0.39 is 5.82 Å². The molecule has 0 fully saturated rings. The van der Waals surface area contributed by atoms with Crippen molar-refractivity contribution in [1.82, 2.24) is 0 Å². The number of benzene rings is 2. The van der Waals surface area contributed by atoms with E-state index in [1.165, 1.54) is 23.3 Å². The summed E-state index contributed by atoms with van der Waals surface area (Å²) in [5, 5.41) is 0. The summed E-state index contributed by atoms with van der Waals surface area (Å²) < 4.78 is 27.8. The molecule has 0 saturated heterocycles. The highest BCUT2D eigenvalue weighted by atomic mass is 79.9. The molecule has 0 amide bonds. The van der Waals surface area contributed by atoms with Gasteiger partial charge in [-0.1, -0.05) is 40.2 Å². The van der Waals surface area contributed by atoms with Gasteiger partial charge >= 0.3 is 0 Å². The first-order valence-electron chi connectivity index (χ1n) is 6.41. The van der Waals surface area contributed by atoms with E-state index in [1.54, 1.807) is 0 Å². The first-order chi connectivity index (χ1) is 9.56. The summed E-state index contributed by atoms with van der Waals surface area (Å²) in [5.41, 5.74) is 3.00. The van der Waals surface area contributed by atoms with Gasteiger partial charge in [0.05, 0.1) is 4.47 Å². The van der Waals surface area contributed by atoms with Gasteiger partial charge in [0.2, 0.25) is 0 Å². The van der Waals surface area contributed by atoms with Gasteiger partial charge in [-0.05, 0) is 57.9 Å². The predicted molar refractivity (Wildman–Crippen MR) is 83.1 cm³/mol. The molecule has 4 heteroatoms. The smallest absolute Gasteiger partial charge is 0.137 e. The summed E-state index contributed by atoms with van der Waals surface area (Å²) in [4.78, 5) is -0.183. The molecule has 1 aliphatic rings. The van der Waals surface area contributed by atoms with Crippen LogP contribution in [0.2, 0.25) is 0 Å². The zero-order valence-electron chi connectivity index (χ0n) is 10.5. The summed E-state index contributed by atoms with van der Waals surface area (Å²) in [6.45, 7) is 0. The Balaban J connectivity index is 1.88. The molecule has 1 unspecified atom stereocenters. The van der Waals surface area contributed by atoms with Crippen LogP contribution in [0.5, 0.6) is 0 Å². The van der Waals surface area contributed by atoms with E-state index in [0.29, 0.717) is 5.56 Å². The standard InChI is InChI=1S/C16H12Br2F2/c17-13-8-14(19)12(7-15(13)20)16(18)11-5-9-3-1-2-4-10(9)6-11/h1-4,7-8,11,16H,5-6H2. The van der Waals surface area contributed by atoms with Crippen LogP contribution in [0.3, 0.4) is 0 Å². The van der Waals surface area contributed by atoms with Crippen molar-refractivity contribution in [3.63, 3.8) is 0 Å². The molecular weight excluding hydrogens is 390 g/mol. The Labute approximate surface area is 133 Å². The molecule has 1 aliphatic carbocycles. The Bertz CT molecular complexity index is 630. The van der Waals surface area contributed by atoms with E-state index in [2.05, 4.69) is 44.0 Å². The quantitative estimate of drug-likeness (QED) is 0.455. The fourth-order valence-electron chi connectivity index (χ4n) is 2.80. The first-order valence-corrected chi connectivity index (χ1v) is 8.12. The third kappa shape index (κ3) is 2.56. The molecule has 0 spiro atoms. The predicted octanol–water partition coefficient (Wildman–Crippen LogP) is 5.58. The molecule has 0 aromatic heterocycles. The van der Waals surface area contributed by atoms with Gasteiger partial charge in [0.25, 0.3) is 0 Å². The van der Waals surface area contributed by atoms with Crippen LogP contribution in [0.15, 0.2) is 40.9 Å². The lowest BCUT2D eigenvalue weighted by atomic mass is 9.96. The maximum absolute atomic E-state index is 14.0. The summed E-state index contributed by atoms with van der Waals surface area (Å²) in [6, 6.07) is 10.7. The third-order valence-corrected chi connectivity index (χ3v) is 5.68. The van der Waals surface area contributed by atoms with Gasteiger partial charge in [-0.2, -0.15) is 0 Å². The van der Waals surface area contributed by atoms with Crippen molar-refractivity contribution in [2.24, 2.45) is 5.92 Å². The zero-order valence-corrected chi connectivity index (χ0v) is 13.7. The van der Waals surface area contributed by atoms with Crippen molar-refractivity contribution in [1.29, 1.82) is 0 Å². The van der Waals surface area contributed by atoms with Crippen LogP contribution < -0.4 is 0 Å². The van der Waals surface area contributed by atoms with Gasteiger partial charge < -0.3 is 0 Å². The fourth-order valence-corrected chi connectivity index (χ4v) is 3.84. The maximum Gasteiger partial charge on any atom is 0.137 e. The Morgan fingerprint density at radius 1 is 1.00 bits per heavy atom. The summed E-state index contributed by atoms with van der Waals surface area (Å²) in [6.07, 6.45) is 1.78. The number of alkyl halides is 1. The van der Waals surface area contributed by atoms with Crippen LogP contribution in [-0.2, 0) is 12.8 Å². The third-order valence-electron chi connectivity index (χ3n) is 3.83. The van der Waals surface area contributed by atoms with Crippen LogP contribution >= 0.6 is 31.9 Å². The molecular formula is C16H12Br2F2. The molecule has 2 aromatic carbocycles. The van der Waals surface area contributed by atoms with Crippen molar-refractivity contribution in [2.75, 3.05) is 0 Å². The zero-order chi connectivity index (χ0) is 14.3. The SMILES string of the molecule is Fc1cc(C(Br)C2Cc3ccccc3C2)c(F)cc1Br. The van der Waals surface area contributed by atoms with E-state index in [0.717, 1.165) is 12.8 Å². The number of halogens is 4. The Hall–Kier alpha value is -0.740. The highest BCUT2D eigenvalue weighted by molar-refractivity contribution is 9.10. The molecule has 0 radical (unpaired) electrons. The van der Waals surface area contributed by atoms with Gasteiger partial charge in [0, 0.05) is 10.4 Å². The average molecular weight is 402 g/mol. The largest absolute Gasteiger partial charge is 0.207 e. The van der Waals surface area contributed by atoms with Gasteiger partial charge in [0.15, 0.2) is 0 Å². The molecule has 0 bridgehead atoms. The normalized spacial score (nSPS) is 16.2. The maximum atomic E-state index is 14.0. The molecule has 104 valence electrons. The fraction of sp³-hybridized carbons (Fsp3) is 0.250. The van der Waals surface area contributed by atoms with E-state index in [1.807, 2.05) is 12.1 Å². The van der Waals surface area contributed by atoms with Gasteiger partial charge in [-0.25, -0.2) is 8.78 Å². The lowest BCUT2D eigenvalue weighted by molar-refractivity contribution is 0.517. The number of fused-ring (bicyclic) bond motifs is 1. The van der Waals surface area contributed by atoms with Crippen molar-refractivity contribution in [2.45, 2.75) is 17.7 Å². The van der Waals surface area contributed by atoms with Crippen LogP contribution in [0.1, 0.15) is 21.5 Å². The Kier molecular flexibility index (Phi) is 3.95. The molecule has 0 nitrogen and oxygen atoms in total. The van der Waals surface area contributed by atoms with Crippen molar-refractivity contribution < 1.29 is 8.78 Å². The van der Waals surface area contributed by atoms with Crippen molar-refractivity contribution in [3.8, 4) is 0 Å². The minimum atomic E-state index is -0.429. The lowest BCUT2D eigenvalue weighted by Crippen LogP contribution is -2.10.